The Balaban J connectivity index is 1.43. The predicted octanol–water partition coefficient (Wildman–Crippen LogP) is 4.35. The van der Waals surface area contributed by atoms with Gasteiger partial charge in [-0.2, -0.15) is 0 Å². The molecule has 0 spiro atoms. The van der Waals surface area contributed by atoms with Gasteiger partial charge in [0.05, 0.1) is 5.70 Å². The third kappa shape index (κ3) is 4.86. The quantitative estimate of drug-likeness (QED) is 0.402. The van der Waals surface area contributed by atoms with Crippen LogP contribution in [0, 0.1) is 5.92 Å². The molecule has 2 aliphatic carbocycles. The van der Waals surface area contributed by atoms with Crippen LogP contribution in [0.1, 0.15) is 40.9 Å². The van der Waals surface area contributed by atoms with Gasteiger partial charge in [0.15, 0.2) is 0 Å². The molecule has 0 saturated carbocycles. The summed E-state index contributed by atoms with van der Waals surface area (Å²) in [6.45, 7) is 0. The first kappa shape index (κ1) is 23.4. The first-order chi connectivity index (χ1) is 17.5. The molecule has 2 aromatic carbocycles. The summed E-state index contributed by atoms with van der Waals surface area (Å²) in [6.07, 6.45) is 9.62. The minimum absolute atomic E-state index is 0.0312. The zero-order valence-corrected chi connectivity index (χ0v) is 19.7. The Kier molecular flexibility index (Phi) is 6.54. The van der Waals surface area contributed by atoms with E-state index in [1.807, 2.05) is 60.7 Å². The molecule has 1 heterocycles. The molecule has 5 rings (SSSR count). The second-order valence-corrected chi connectivity index (χ2v) is 9.09. The van der Waals surface area contributed by atoms with Crippen LogP contribution in [0.4, 0.5) is 0 Å². The number of aromatic nitrogens is 1. The SMILES string of the molecule is O=C(O)CC[C@H](NC(=O)c1cc2ccccc2[nH]1)C(=O)NC1=C2C=CC=CC2CCc2ccccc21. The largest absolute Gasteiger partial charge is 0.481 e. The molecule has 36 heavy (non-hydrogen) atoms. The molecule has 2 amide bonds. The van der Waals surface area contributed by atoms with Gasteiger partial charge in [0.1, 0.15) is 11.7 Å². The summed E-state index contributed by atoms with van der Waals surface area (Å²) < 4.78 is 0. The van der Waals surface area contributed by atoms with Gasteiger partial charge < -0.3 is 20.7 Å². The first-order valence-electron chi connectivity index (χ1n) is 12.1. The molecule has 3 aromatic rings. The Bertz CT molecular complexity index is 1400. The summed E-state index contributed by atoms with van der Waals surface area (Å²) >= 11 is 0. The highest BCUT2D eigenvalue weighted by Crippen LogP contribution is 2.35. The van der Waals surface area contributed by atoms with Crippen LogP contribution in [0.3, 0.4) is 0 Å². The molecule has 4 N–H and O–H groups in total. The Morgan fingerprint density at radius 3 is 2.69 bits per heavy atom. The Labute approximate surface area is 208 Å². The van der Waals surface area contributed by atoms with Crippen molar-refractivity contribution in [2.75, 3.05) is 0 Å². The highest BCUT2D eigenvalue weighted by molar-refractivity contribution is 6.01. The maximum absolute atomic E-state index is 13.6. The molecule has 2 aliphatic rings. The number of aliphatic carboxylic acids is 1. The summed E-state index contributed by atoms with van der Waals surface area (Å²) in [5, 5.41) is 15.9. The number of amides is 2. The average molecular weight is 482 g/mol. The van der Waals surface area contributed by atoms with Crippen LogP contribution in [-0.4, -0.2) is 33.9 Å². The molecule has 0 aliphatic heterocycles. The van der Waals surface area contributed by atoms with Gasteiger partial charge in [-0.05, 0) is 42.5 Å². The van der Waals surface area contributed by atoms with Gasteiger partial charge in [0, 0.05) is 28.8 Å². The number of fused-ring (bicyclic) bond motifs is 3. The van der Waals surface area contributed by atoms with Crippen molar-refractivity contribution in [1.29, 1.82) is 0 Å². The van der Waals surface area contributed by atoms with Crippen molar-refractivity contribution in [2.24, 2.45) is 5.92 Å². The van der Waals surface area contributed by atoms with Gasteiger partial charge in [0.2, 0.25) is 5.91 Å². The molecule has 2 atom stereocenters. The van der Waals surface area contributed by atoms with Crippen LogP contribution < -0.4 is 10.6 Å². The third-order valence-corrected chi connectivity index (χ3v) is 6.72. The minimum atomic E-state index is -1.03. The number of benzene rings is 2. The van der Waals surface area contributed by atoms with Crippen LogP contribution in [0.15, 0.2) is 84.5 Å². The summed E-state index contributed by atoms with van der Waals surface area (Å²) in [6, 6.07) is 16.2. The third-order valence-electron chi connectivity index (χ3n) is 6.72. The Morgan fingerprint density at radius 1 is 1.06 bits per heavy atom. The normalized spacial score (nSPS) is 17.2. The molecular formula is C29H27N3O4. The molecule has 1 unspecified atom stereocenters. The monoisotopic (exact) mass is 481 g/mol. The number of aryl methyl sites for hydroxylation is 1. The van der Waals surface area contributed by atoms with Gasteiger partial charge in [-0.3, -0.25) is 14.4 Å². The zero-order valence-electron chi connectivity index (χ0n) is 19.7. The van der Waals surface area contributed by atoms with Crippen LogP contribution in [-0.2, 0) is 16.0 Å². The number of hydrogen-bond acceptors (Lipinski definition) is 3. The summed E-state index contributed by atoms with van der Waals surface area (Å²) in [4.78, 5) is 41.0. The molecule has 7 heteroatoms. The van der Waals surface area contributed by atoms with Gasteiger partial charge in [-0.25, -0.2) is 0 Å². The highest BCUT2D eigenvalue weighted by Gasteiger charge is 2.28. The number of para-hydroxylation sites is 1. The van der Waals surface area contributed by atoms with E-state index in [2.05, 4.69) is 27.8 Å². The smallest absolute Gasteiger partial charge is 0.303 e. The van der Waals surface area contributed by atoms with E-state index in [1.165, 1.54) is 0 Å². The van der Waals surface area contributed by atoms with Crippen LogP contribution in [0.2, 0.25) is 0 Å². The average Bonchev–Trinajstić information content (AvgIpc) is 3.26. The van der Waals surface area contributed by atoms with Crippen molar-refractivity contribution in [1.82, 2.24) is 15.6 Å². The van der Waals surface area contributed by atoms with Crippen molar-refractivity contribution in [3.63, 3.8) is 0 Å². The van der Waals surface area contributed by atoms with Crippen LogP contribution >= 0.6 is 0 Å². The molecule has 7 nitrogen and oxygen atoms in total. The molecule has 1 aromatic heterocycles. The Hall–Kier alpha value is -4.39. The number of aromatic amines is 1. The lowest BCUT2D eigenvalue weighted by Gasteiger charge is -2.23. The van der Waals surface area contributed by atoms with Crippen molar-refractivity contribution < 1.29 is 19.5 Å². The standard InChI is InChI=1S/C29H27N3O4/c33-26(34)16-15-24(31-29(36)25-17-20-9-3-6-12-23(20)30-25)28(35)32-27-21-10-4-1-7-18(21)13-14-19-8-2-5-11-22(19)27/h1-12,17-18,24,30H,13-16H2,(H,31,36)(H,32,35)(H,33,34)/t18?,24-/m0/s1. The minimum Gasteiger partial charge on any atom is -0.481 e. The van der Waals surface area contributed by atoms with E-state index >= 15 is 0 Å². The molecule has 0 radical (unpaired) electrons. The second kappa shape index (κ2) is 10.1. The number of hydrogen-bond donors (Lipinski definition) is 4. The number of allylic oxidation sites excluding steroid dienone is 5. The van der Waals surface area contributed by atoms with E-state index in [4.69, 9.17) is 0 Å². The lowest BCUT2D eigenvalue weighted by Crippen LogP contribution is -2.46. The summed E-state index contributed by atoms with van der Waals surface area (Å²) in [5.74, 6) is -1.78. The van der Waals surface area contributed by atoms with E-state index in [9.17, 15) is 19.5 Å². The van der Waals surface area contributed by atoms with E-state index < -0.39 is 23.8 Å². The highest BCUT2D eigenvalue weighted by atomic mass is 16.4. The van der Waals surface area contributed by atoms with Gasteiger partial charge >= 0.3 is 5.97 Å². The number of rotatable bonds is 7. The lowest BCUT2D eigenvalue weighted by molar-refractivity contribution is -0.137. The fraction of sp³-hybridized carbons (Fsp3) is 0.207. The second-order valence-electron chi connectivity index (χ2n) is 9.09. The molecular weight excluding hydrogens is 454 g/mol. The number of H-pyrrole nitrogens is 1. The number of carbonyl (C=O) groups excluding carboxylic acids is 2. The zero-order chi connectivity index (χ0) is 25.1. The molecule has 182 valence electrons. The fourth-order valence-corrected chi connectivity index (χ4v) is 4.87. The van der Waals surface area contributed by atoms with Crippen molar-refractivity contribution >= 4 is 34.4 Å². The van der Waals surface area contributed by atoms with Crippen molar-refractivity contribution in [2.45, 2.75) is 31.7 Å². The van der Waals surface area contributed by atoms with Gasteiger partial charge in [0.25, 0.3) is 5.91 Å². The fourth-order valence-electron chi connectivity index (χ4n) is 4.87. The van der Waals surface area contributed by atoms with Gasteiger partial charge in [-0.15, -0.1) is 0 Å². The number of nitrogens with one attached hydrogen (secondary N) is 3. The summed E-state index contributed by atoms with van der Waals surface area (Å²) in [7, 11) is 0. The van der Waals surface area contributed by atoms with E-state index in [0.717, 1.165) is 40.4 Å². The van der Waals surface area contributed by atoms with Gasteiger partial charge in [-0.1, -0.05) is 66.8 Å². The Morgan fingerprint density at radius 2 is 1.86 bits per heavy atom. The number of carboxylic acid groups (broad SMARTS) is 1. The summed E-state index contributed by atoms with van der Waals surface area (Å²) in [5.41, 5.74) is 4.92. The lowest BCUT2D eigenvalue weighted by atomic mass is 9.90. The maximum Gasteiger partial charge on any atom is 0.303 e. The molecule has 0 bridgehead atoms. The topological polar surface area (TPSA) is 111 Å². The van der Waals surface area contributed by atoms with E-state index in [-0.39, 0.29) is 18.8 Å². The predicted molar refractivity (Wildman–Crippen MR) is 138 cm³/mol. The van der Waals surface area contributed by atoms with Crippen molar-refractivity contribution in [3.8, 4) is 0 Å². The number of carbonyl (C=O) groups is 3. The number of carboxylic acids is 1. The molecule has 0 fully saturated rings. The van der Waals surface area contributed by atoms with E-state index in [1.54, 1.807) is 6.07 Å². The van der Waals surface area contributed by atoms with Crippen LogP contribution in [0.25, 0.3) is 16.6 Å². The first-order valence-corrected chi connectivity index (χ1v) is 12.1. The van der Waals surface area contributed by atoms with E-state index in [0.29, 0.717) is 11.4 Å². The molecule has 0 saturated heterocycles. The maximum atomic E-state index is 13.6. The van der Waals surface area contributed by atoms with Crippen LogP contribution in [0.5, 0.6) is 0 Å². The van der Waals surface area contributed by atoms with Crippen molar-refractivity contribution in [3.05, 3.63) is 101 Å².